The Hall–Kier alpha value is -3.13. The smallest absolute Gasteiger partial charge is 0.257 e. The maximum Gasteiger partial charge on any atom is 0.257 e. The average molecular weight is 383 g/mol. The number of hydrogen-bond acceptors (Lipinski definition) is 6. The van der Waals surface area contributed by atoms with Crippen LogP contribution in [0.4, 0.5) is 4.39 Å². The highest BCUT2D eigenvalue weighted by Crippen LogP contribution is 2.23. The van der Waals surface area contributed by atoms with Gasteiger partial charge in [-0.1, -0.05) is 29.1 Å². The van der Waals surface area contributed by atoms with E-state index < -0.39 is 0 Å². The third-order valence-electron chi connectivity index (χ3n) is 3.76. The van der Waals surface area contributed by atoms with Crippen LogP contribution in [-0.2, 0) is 11.3 Å². The molecule has 136 valence electrons. The molecule has 1 N–H and O–H groups in total. The molecular formula is C19H14FN3O3S. The summed E-state index contributed by atoms with van der Waals surface area (Å²) in [5.41, 5.74) is 2.75. The minimum Gasteiger partial charge on any atom is -0.431 e. The van der Waals surface area contributed by atoms with Crippen LogP contribution in [0.15, 0.2) is 68.8 Å². The monoisotopic (exact) mass is 383 g/mol. The van der Waals surface area contributed by atoms with Crippen LogP contribution in [0.25, 0.3) is 22.4 Å². The molecular weight excluding hydrogens is 369 g/mol. The van der Waals surface area contributed by atoms with Crippen molar-refractivity contribution in [3.63, 3.8) is 0 Å². The highest BCUT2D eigenvalue weighted by atomic mass is 32.2. The van der Waals surface area contributed by atoms with E-state index in [9.17, 15) is 9.18 Å². The molecule has 6 nitrogen and oxygen atoms in total. The number of para-hydroxylation sites is 2. The lowest BCUT2D eigenvalue weighted by Crippen LogP contribution is -2.24. The van der Waals surface area contributed by atoms with Crippen LogP contribution in [-0.4, -0.2) is 21.8 Å². The van der Waals surface area contributed by atoms with Crippen molar-refractivity contribution in [2.24, 2.45) is 0 Å². The fraction of sp³-hybridized carbons (Fsp3) is 0.105. The van der Waals surface area contributed by atoms with Crippen LogP contribution >= 0.6 is 11.8 Å². The first kappa shape index (κ1) is 17.3. The number of fused-ring (bicyclic) bond motifs is 1. The first-order valence-corrected chi connectivity index (χ1v) is 9.12. The Morgan fingerprint density at radius 3 is 2.78 bits per heavy atom. The van der Waals surface area contributed by atoms with Crippen molar-refractivity contribution in [2.45, 2.75) is 11.8 Å². The predicted octanol–water partition coefficient (Wildman–Crippen LogP) is 4.03. The molecule has 4 rings (SSSR count). The van der Waals surface area contributed by atoms with Gasteiger partial charge < -0.3 is 14.3 Å². The molecule has 8 heteroatoms. The Labute approximate surface area is 157 Å². The quantitative estimate of drug-likeness (QED) is 0.506. The summed E-state index contributed by atoms with van der Waals surface area (Å²) in [5.74, 6) is 0.200. The summed E-state index contributed by atoms with van der Waals surface area (Å²) in [5, 5.41) is 7.13. The van der Waals surface area contributed by atoms with Gasteiger partial charge in [0.1, 0.15) is 17.0 Å². The number of rotatable bonds is 6. The molecule has 0 fully saturated rings. The molecule has 0 aliphatic carbocycles. The lowest BCUT2D eigenvalue weighted by molar-refractivity contribution is -0.118. The van der Waals surface area contributed by atoms with Crippen molar-refractivity contribution in [3.8, 4) is 11.3 Å². The van der Waals surface area contributed by atoms with Gasteiger partial charge in [0.15, 0.2) is 11.3 Å². The summed E-state index contributed by atoms with van der Waals surface area (Å²) in [7, 11) is 0. The molecule has 2 aromatic heterocycles. The van der Waals surface area contributed by atoms with Gasteiger partial charge in [0, 0.05) is 11.6 Å². The van der Waals surface area contributed by atoms with Gasteiger partial charge in [-0.3, -0.25) is 4.79 Å². The maximum atomic E-state index is 13.0. The molecule has 2 aromatic carbocycles. The minimum atomic E-state index is -0.317. The minimum absolute atomic E-state index is 0.173. The Morgan fingerprint density at radius 2 is 1.96 bits per heavy atom. The summed E-state index contributed by atoms with van der Waals surface area (Å²) in [6.07, 6.45) is 0. The maximum absolute atomic E-state index is 13.0. The van der Waals surface area contributed by atoms with Gasteiger partial charge >= 0.3 is 0 Å². The summed E-state index contributed by atoms with van der Waals surface area (Å²) in [4.78, 5) is 16.3. The Morgan fingerprint density at radius 1 is 1.15 bits per heavy atom. The number of carbonyl (C=O) groups is 1. The topological polar surface area (TPSA) is 81.2 Å². The zero-order valence-corrected chi connectivity index (χ0v) is 14.8. The Kier molecular flexibility index (Phi) is 4.88. The average Bonchev–Trinajstić information content (AvgIpc) is 3.32. The van der Waals surface area contributed by atoms with E-state index in [1.807, 2.05) is 24.3 Å². The number of carbonyl (C=O) groups excluding carboxylic acids is 1. The Bertz CT molecular complexity index is 1040. The van der Waals surface area contributed by atoms with Crippen LogP contribution in [0.3, 0.4) is 0 Å². The van der Waals surface area contributed by atoms with E-state index in [4.69, 9.17) is 8.94 Å². The van der Waals surface area contributed by atoms with Gasteiger partial charge in [0.25, 0.3) is 5.22 Å². The summed E-state index contributed by atoms with van der Waals surface area (Å²) in [6.45, 7) is 0.234. The van der Waals surface area contributed by atoms with Crippen molar-refractivity contribution in [2.75, 3.05) is 5.75 Å². The van der Waals surface area contributed by atoms with Crippen molar-refractivity contribution in [3.05, 3.63) is 66.1 Å². The molecule has 2 heterocycles. The third-order valence-corrected chi connectivity index (χ3v) is 4.58. The largest absolute Gasteiger partial charge is 0.431 e. The standard InChI is InChI=1S/C19H14FN3O3S/c20-13-7-5-12(6-8-13)17-9-14(23-26-17)10-21-18(24)11-27-19-22-15-3-1-2-4-16(15)25-19/h1-9H,10-11H2,(H,21,24). The van der Waals surface area contributed by atoms with Gasteiger partial charge in [-0.25, -0.2) is 9.37 Å². The van der Waals surface area contributed by atoms with E-state index in [2.05, 4.69) is 15.5 Å². The van der Waals surface area contributed by atoms with E-state index in [0.717, 1.165) is 5.52 Å². The number of oxazole rings is 1. The number of aromatic nitrogens is 2. The van der Waals surface area contributed by atoms with Gasteiger partial charge in [-0.15, -0.1) is 0 Å². The van der Waals surface area contributed by atoms with Crippen LogP contribution < -0.4 is 5.32 Å². The molecule has 0 aliphatic rings. The molecule has 0 aliphatic heterocycles. The van der Waals surface area contributed by atoms with Gasteiger partial charge in [-0.2, -0.15) is 0 Å². The van der Waals surface area contributed by atoms with Crippen molar-refractivity contribution >= 4 is 28.8 Å². The van der Waals surface area contributed by atoms with E-state index in [1.165, 1.54) is 23.9 Å². The first-order chi connectivity index (χ1) is 13.2. The third kappa shape index (κ3) is 4.17. The van der Waals surface area contributed by atoms with E-state index in [-0.39, 0.29) is 24.0 Å². The Balaban J connectivity index is 1.29. The molecule has 0 spiro atoms. The number of amides is 1. The van der Waals surface area contributed by atoms with Crippen LogP contribution in [0.2, 0.25) is 0 Å². The van der Waals surface area contributed by atoms with Crippen LogP contribution in [0.5, 0.6) is 0 Å². The van der Waals surface area contributed by atoms with Gasteiger partial charge in [0.2, 0.25) is 5.91 Å². The van der Waals surface area contributed by atoms with Crippen molar-refractivity contribution in [1.82, 2.24) is 15.5 Å². The lowest BCUT2D eigenvalue weighted by atomic mass is 10.1. The van der Waals surface area contributed by atoms with Gasteiger partial charge in [0.05, 0.1) is 12.3 Å². The molecule has 0 bridgehead atoms. The van der Waals surface area contributed by atoms with Crippen molar-refractivity contribution < 1.29 is 18.1 Å². The highest BCUT2D eigenvalue weighted by Gasteiger charge is 2.11. The number of hydrogen-bond donors (Lipinski definition) is 1. The molecule has 1 amide bonds. The second-order valence-corrected chi connectivity index (χ2v) is 6.63. The lowest BCUT2D eigenvalue weighted by Gasteiger charge is -2.00. The fourth-order valence-corrected chi connectivity index (χ4v) is 3.09. The second-order valence-electron chi connectivity index (χ2n) is 5.70. The summed E-state index contributed by atoms with van der Waals surface area (Å²) >= 11 is 1.22. The first-order valence-electron chi connectivity index (χ1n) is 8.14. The molecule has 0 radical (unpaired) electrons. The fourth-order valence-electron chi connectivity index (χ4n) is 2.43. The number of nitrogens with zero attached hydrogens (tertiary/aromatic N) is 2. The molecule has 0 unspecified atom stereocenters. The number of thioether (sulfide) groups is 1. The summed E-state index contributed by atoms with van der Waals surface area (Å²) in [6, 6.07) is 15.1. The zero-order chi connectivity index (χ0) is 18.6. The van der Waals surface area contributed by atoms with E-state index >= 15 is 0 Å². The summed E-state index contributed by atoms with van der Waals surface area (Å²) < 4.78 is 23.8. The predicted molar refractivity (Wildman–Crippen MR) is 98.5 cm³/mol. The molecule has 0 saturated carbocycles. The van der Waals surface area contributed by atoms with Gasteiger partial charge in [-0.05, 0) is 36.4 Å². The molecule has 27 heavy (non-hydrogen) atoms. The molecule has 4 aromatic rings. The molecule has 0 saturated heterocycles. The van der Waals surface area contributed by atoms with E-state index in [0.29, 0.717) is 27.8 Å². The highest BCUT2D eigenvalue weighted by molar-refractivity contribution is 7.99. The van der Waals surface area contributed by atoms with Crippen LogP contribution in [0, 0.1) is 5.82 Å². The van der Waals surface area contributed by atoms with Crippen molar-refractivity contribution in [1.29, 1.82) is 0 Å². The zero-order valence-electron chi connectivity index (χ0n) is 14.0. The number of halogens is 1. The molecule has 0 atom stereocenters. The number of benzene rings is 2. The SMILES string of the molecule is O=C(CSc1nc2ccccc2o1)NCc1cc(-c2ccc(F)cc2)on1. The van der Waals surface area contributed by atoms with Crippen LogP contribution in [0.1, 0.15) is 5.69 Å². The normalized spacial score (nSPS) is 11.0. The van der Waals surface area contributed by atoms with E-state index in [1.54, 1.807) is 18.2 Å². The second kappa shape index (κ2) is 7.63. The number of nitrogens with one attached hydrogen (secondary N) is 1.